The number of phenols is 1. The Labute approximate surface area is 145 Å². The van der Waals surface area contributed by atoms with Gasteiger partial charge in [-0.2, -0.15) is 0 Å². The van der Waals surface area contributed by atoms with Crippen molar-refractivity contribution in [2.24, 2.45) is 0 Å². The van der Waals surface area contributed by atoms with Crippen LogP contribution in [0.15, 0.2) is 42.5 Å². The van der Waals surface area contributed by atoms with Crippen LogP contribution in [0, 0.1) is 0 Å². The number of ether oxygens (including phenoxy) is 2. The summed E-state index contributed by atoms with van der Waals surface area (Å²) in [5, 5.41) is 10.1. The van der Waals surface area contributed by atoms with E-state index in [4.69, 9.17) is 9.47 Å². The van der Waals surface area contributed by atoms with Gasteiger partial charge in [-0.05, 0) is 29.3 Å². The minimum absolute atomic E-state index is 0.00198. The second kappa shape index (κ2) is 6.84. The number of hydrogen-bond acceptors (Lipinski definition) is 5. The molecule has 130 valence electrons. The van der Waals surface area contributed by atoms with Crippen molar-refractivity contribution < 1.29 is 24.2 Å². The third-order valence-corrected chi connectivity index (χ3v) is 4.40. The van der Waals surface area contributed by atoms with E-state index >= 15 is 0 Å². The SMILES string of the molecule is COC(=O)CC(c1ccc(OC)c(O)c1)N1Cc2ccccc2C1=O. The van der Waals surface area contributed by atoms with Gasteiger partial charge >= 0.3 is 5.97 Å². The third-order valence-electron chi connectivity index (χ3n) is 4.40. The zero-order valence-corrected chi connectivity index (χ0v) is 14.1. The molecular weight excluding hydrogens is 322 g/mol. The summed E-state index contributed by atoms with van der Waals surface area (Å²) < 4.78 is 9.84. The summed E-state index contributed by atoms with van der Waals surface area (Å²) in [6, 6.07) is 11.7. The number of carbonyl (C=O) groups is 2. The molecule has 1 heterocycles. The number of carbonyl (C=O) groups excluding carboxylic acids is 2. The van der Waals surface area contributed by atoms with Crippen LogP contribution in [0.1, 0.15) is 33.9 Å². The average molecular weight is 341 g/mol. The lowest BCUT2D eigenvalue weighted by Gasteiger charge is -2.27. The fraction of sp³-hybridized carbons (Fsp3) is 0.263. The number of methoxy groups -OCH3 is 2. The maximum absolute atomic E-state index is 12.8. The van der Waals surface area contributed by atoms with Crippen molar-refractivity contribution in [2.45, 2.75) is 19.0 Å². The fourth-order valence-electron chi connectivity index (χ4n) is 3.09. The quantitative estimate of drug-likeness (QED) is 0.846. The van der Waals surface area contributed by atoms with Crippen molar-refractivity contribution in [3.8, 4) is 11.5 Å². The van der Waals surface area contributed by atoms with E-state index in [0.717, 1.165) is 5.56 Å². The molecule has 2 aromatic carbocycles. The fourth-order valence-corrected chi connectivity index (χ4v) is 3.09. The molecule has 1 atom stereocenters. The maximum Gasteiger partial charge on any atom is 0.307 e. The number of hydrogen-bond donors (Lipinski definition) is 1. The molecule has 0 spiro atoms. The van der Waals surface area contributed by atoms with Gasteiger partial charge in [0.25, 0.3) is 5.91 Å². The number of amides is 1. The van der Waals surface area contributed by atoms with Crippen molar-refractivity contribution in [3.63, 3.8) is 0 Å². The molecule has 0 saturated carbocycles. The summed E-state index contributed by atoms with van der Waals surface area (Å²) >= 11 is 0. The molecular formula is C19H19NO5. The van der Waals surface area contributed by atoms with Gasteiger partial charge in [0.15, 0.2) is 11.5 Å². The molecule has 0 radical (unpaired) electrons. The monoisotopic (exact) mass is 341 g/mol. The molecule has 1 unspecified atom stereocenters. The minimum Gasteiger partial charge on any atom is -0.504 e. The molecule has 0 saturated heterocycles. The number of aromatic hydroxyl groups is 1. The van der Waals surface area contributed by atoms with Gasteiger partial charge in [0.1, 0.15) is 0 Å². The van der Waals surface area contributed by atoms with Crippen LogP contribution in [-0.2, 0) is 16.1 Å². The number of esters is 1. The Morgan fingerprint density at radius 3 is 2.64 bits per heavy atom. The first-order valence-corrected chi connectivity index (χ1v) is 7.87. The van der Waals surface area contributed by atoms with Crippen LogP contribution >= 0.6 is 0 Å². The summed E-state index contributed by atoms with van der Waals surface area (Å²) in [5.41, 5.74) is 2.19. The minimum atomic E-state index is -0.538. The molecule has 0 fully saturated rings. The molecule has 0 aliphatic carbocycles. The van der Waals surface area contributed by atoms with Gasteiger partial charge in [0, 0.05) is 12.1 Å². The lowest BCUT2D eigenvalue weighted by molar-refractivity contribution is -0.141. The molecule has 0 bridgehead atoms. The Morgan fingerprint density at radius 2 is 2.00 bits per heavy atom. The normalized spacial score (nSPS) is 14.2. The van der Waals surface area contributed by atoms with Gasteiger partial charge in [-0.25, -0.2) is 0 Å². The van der Waals surface area contributed by atoms with Crippen LogP contribution in [-0.4, -0.2) is 36.1 Å². The lowest BCUT2D eigenvalue weighted by Crippen LogP contribution is -2.31. The third kappa shape index (κ3) is 3.15. The van der Waals surface area contributed by atoms with Crippen LogP contribution in [0.25, 0.3) is 0 Å². The highest BCUT2D eigenvalue weighted by Gasteiger charge is 2.34. The second-order valence-corrected chi connectivity index (χ2v) is 5.82. The van der Waals surface area contributed by atoms with Crippen LogP contribution in [0.2, 0.25) is 0 Å². The topological polar surface area (TPSA) is 76.1 Å². The maximum atomic E-state index is 12.8. The van der Waals surface area contributed by atoms with E-state index in [2.05, 4.69) is 0 Å². The number of fused-ring (bicyclic) bond motifs is 1. The summed E-state index contributed by atoms with van der Waals surface area (Å²) in [7, 11) is 2.77. The Hall–Kier alpha value is -3.02. The van der Waals surface area contributed by atoms with Gasteiger partial charge in [-0.15, -0.1) is 0 Å². The van der Waals surface area contributed by atoms with E-state index in [9.17, 15) is 14.7 Å². The van der Waals surface area contributed by atoms with Crippen LogP contribution < -0.4 is 4.74 Å². The molecule has 2 aromatic rings. The van der Waals surface area contributed by atoms with E-state index < -0.39 is 12.0 Å². The predicted molar refractivity (Wildman–Crippen MR) is 90.3 cm³/mol. The summed E-state index contributed by atoms with van der Waals surface area (Å²) in [4.78, 5) is 26.3. The van der Waals surface area contributed by atoms with Crippen molar-refractivity contribution in [1.29, 1.82) is 0 Å². The van der Waals surface area contributed by atoms with Gasteiger partial charge in [0.05, 0.1) is 26.7 Å². The van der Waals surface area contributed by atoms with Crippen molar-refractivity contribution in [2.75, 3.05) is 14.2 Å². The smallest absolute Gasteiger partial charge is 0.307 e. The summed E-state index contributed by atoms with van der Waals surface area (Å²) in [6.07, 6.45) is 0.00198. The predicted octanol–water partition coefficient (Wildman–Crippen LogP) is 2.66. The largest absolute Gasteiger partial charge is 0.504 e. The van der Waals surface area contributed by atoms with Crippen molar-refractivity contribution in [1.82, 2.24) is 4.90 Å². The van der Waals surface area contributed by atoms with Gasteiger partial charge in [0.2, 0.25) is 0 Å². The van der Waals surface area contributed by atoms with Crippen molar-refractivity contribution in [3.05, 3.63) is 59.2 Å². The van der Waals surface area contributed by atoms with Gasteiger partial charge in [-0.3, -0.25) is 9.59 Å². The number of rotatable bonds is 5. The van der Waals surface area contributed by atoms with Crippen LogP contribution in [0.3, 0.4) is 0 Å². The summed E-state index contributed by atoms with van der Waals surface area (Å²) in [6.45, 7) is 0.406. The highest BCUT2D eigenvalue weighted by molar-refractivity contribution is 5.98. The molecule has 0 aromatic heterocycles. The average Bonchev–Trinajstić information content (AvgIpc) is 2.96. The highest BCUT2D eigenvalue weighted by atomic mass is 16.5. The first kappa shape index (κ1) is 16.8. The first-order chi connectivity index (χ1) is 12.0. The van der Waals surface area contributed by atoms with E-state index in [-0.39, 0.29) is 18.1 Å². The standard InChI is InChI=1S/C19H19NO5/c1-24-17-8-7-12(9-16(17)21)15(10-18(22)25-2)20-11-13-5-3-4-6-14(13)19(20)23/h3-9,15,21H,10-11H2,1-2H3. The van der Waals surface area contributed by atoms with Gasteiger partial charge in [-0.1, -0.05) is 24.3 Å². The molecule has 1 amide bonds. The number of benzene rings is 2. The summed E-state index contributed by atoms with van der Waals surface area (Å²) in [5.74, 6) is -0.278. The molecule has 6 nitrogen and oxygen atoms in total. The van der Waals surface area contributed by atoms with Gasteiger partial charge < -0.3 is 19.5 Å². The van der Waals surface area contributed by atoms with Crippen LogP contribution in [0.5, 0.6) is 11.5 Å². The zero-order chi connectivity index (χ0) is 18.0. The molecule has 3 rings (SSSR count). The Morgan fingerprint density at radius 1 is 1.24 bits per heavy atom. The number of phenolic OH excluding ortho intramolecular Hbond substituents is 1. The van der Waals surface area contributed by atoms with Crippen LogP contribution in [0.4, 0.5) is 0 Å². The molecule has 1 aliphatic rings. The van der Waals surface area contributed by atoms with E-state index in [1.165, 1.54) is 20.3 Å². The molecule has 6 heteroatoms. The van der Waals surface area contributed by atoms with E-state index in [0.29, 0.717) is 23.4 Å². The lowest BCUT2D eigenvalue weighted by atomic mass is 10.0. The second-order valence-electron chi connectivity index (χ2n) is 5.82. The molecule has 1 N–H and O–H groups in total. The van der Waals surface area contributed by atoms with Crippen molar-refractivity contribution >= 4 is 11.9 Å². The zero-order valence-electron chi connectivity index (χ0n) is 14.1. The molecule has 1 aliphatic heterocycles. The number of nitrogens with zero attached hydrogens (tertiary/aromatic N) is 1. The Kier molecular flexibility index (Phi) is 4.61. The van der Waals surface area contributed by atoms with E-state index in [1.807, 2.05) is 18.2 Å². The Bertz CT molecular complexity index is 817. The highest BCUT2D eigenvalue weighted by Crippen LogP contribution is 2.37. The molecule has 25 heavy (non-hydrogen) atoms. The first-order valence-electron chi connectivity index (χ1n) is 7.87. The Balaban J connectivity index is 1.98. The van der Waals surface area contributed by atoms with E-state index in [1.54, 1.807) is 23.1 Å².